The van der Waals surface area contributed by atoms with Crippen LogP contribution in [-0.4, -0.2) is 25.3 Å². The Bertz CT molecular complexity index is 911. The number of fused-ring (bicyclic) bond motifs is 1. The summed E-state index contributed by atoms with van der Waals surface area (Å²) in [5.74, 6) is -0.198. The highest BCUT2D eigenvalue weighted by atomic mass is 32.2. The maximum atomic E-state index is 10.9. The summed E-state index contributed by atoms with van der Waals surface area (Å²) in [5, 5.41) is 1.10. The van der Waals surface area contributed by atoms with Gasteiger partial charge in [-0.2, -0.15) is 13.0 Å². The first-order valence-corrected chi connectivity index (χ1v) is 11.1. The van der Waals surface area contributed by atoms with Gasteiger partial charge in [0.1, 0.15) is 4.70 Å². The SMILES string of the molecule is CCOC=C(C)C=Cc1sc2cc(C)ccc2[n+]1CCCCS(=O)(=O)O. The zero-order valence-electron chi connectivity index (χ0n) is 15.4. The quantitative estimate of drug-likeness (QED) is 0.228. The molecule has 0 amide bonds. The largest absolute Gasteiger partial charge is 0.501 e. The van der Waals surface area contributed by atoms with Crippen molar-refractivity contribution in [1.82, 2.24) is 0 Å². The fourth-order valence-corrected chi connectivity index (χ4v) is 4.34. The van der Waals surface area contributed by atoms with Gasteiger partial charge in [0.25, 0.3) is 15.1 Å². The molecule has 0 saturated heterocycles. The molecule has 26 heavy (non-hydrogen) atoms. The molecule has 0 radical (unpaired) electrons. The van der Waals surface area contributed by atoms with Crippen LogP contribution in [0.2, 0.25) is 0 Å². The van der Waals surface area contributed by atoms with E-state index < -0.39 is 10.1 Å². The predicted molar refractivity (Wildman–Crippen MR) is 107 cm³/mol. The van der Waals surface area contributed by atoms with E-state index in [1.165, 1.54) is 10.3 Å². The molecule has 2 aromatic rings. The molecule has 1 aromatic carbocycles. The average molecular weight is 397 g/mol. The van der Waals surface area contributed by atoms with Gasteiger partial charge in [-0.3, -0.25) is 4.55 Å². The van der Waals surface area contributed by atoms with Crippen LogP contribution in [0.3, 0.4) is 0 Å². The number of hydrogen-bond donors (Lipinski definition) is 1. The summed E-state index contributed by atoms with van der Waals surface area (Å²) in [6.07, 6.45) is 6.93. The second-order valence-corrected chi connectivity index (χ2v) is 8.84. The van der Waals surface area contributed by atoms with E-state index in [-0.39, 0.29) is 5.75 Å². The minimum absolute atomic E-state index is 0.198. The second-order valence-electron chi connectivity index (χ2n) is 6.21. The third kappa shape index (κ3) is 6.23. The topological polar surface area (TPSA) is 67.5 Å². The Balaban J connectivity index is 2.25. The first kappa shape index (κ1) is 20.6. The number of benzene rings is 1. The van der Waals surface area contributed by atoms with Crippen LogP contribution >= 0.6 is 11.3 Å². The van der Waals surface area contributed by atoms with Gasteiger partial charge in [0.2, 0.25) is 5.52 Å². The van der Waals surface area contributed by atoms with Crippen LogP contribution < -0.4 is 4.57 Å². The number of allylic oxidation sites excluding steroid dienone is 2. The lowest BCUT2D eigenvalue weighted by atomic mass is 10.2. The standard InChI is InChI=1S/C19H25NO4S2/c1-4-24-14-16(3)8-10-19-20(11-5-6-12-26(21,22)23)17-9-7-15(2)13-18(17)25-19/h7-10,13-14H,4-6,11-12H2,1-3H3/p+1. The second kappa shape index (κ2) is 9.30. The minimum atomic E-state index is -3.90. The highest BCUT2D eigenvalue weighted by molar-refractivity contribution is 7.85. The molecule has 0 aliphatic carbocycles. The Labute approximate surface area is 159 Å². The van der Waals surface area contributed by atoms with Gasteiger partial charge in [-0.15, -0.1) is 0 Å². The number of aryl methyl sites for hydroxylation is 2. The fourth-order valence-electron chi connectivity index (χ4n) is 2.58. The lowest BCUT2D eigenvalue weighted by Crippen LogP contribution is -2.35. The fraction of sp³-hybridized carbons (Fsp3) is 0.421. The van der Waals surface area contributed by atoms with E-state index in [0.717, 1.165) is 16.1 Å². The first-order chi connectivity index (χ1) is 12.3. The molecular formula is C19H26NO4S2+. The highest BCUT2D eigenvalue weighted by Gasteiger charge is 2.18. The van der Waals surface area contributed by atoms with Crippen LogP contribution in [-0.2, 0) is 21.4 Å². The molecule has 0 atom stereocenters. The average Bonchev–Trinajstić information content (AvgIpc) is 2.90. The van der Waals surface area contributed by atoms with Crippen molar-refractivity contribution in [2.75, 3.05) is 12.4 Å². The van der Waals surface area contributed by atoms with Gasteiger partial charge in [-0.25, -0.2) is 0 Å². The van der Waals surface area contributed by atoms with Crippen molar-refractivity contribution in [2.45, 2.75) is 40.2 Å². The normalized spacial score (nSPS) is 13.0. The molecule has 0 unspecified atom stereocenters. The zero-order chi connectivity index (χ0) is 19.2. The highest BCUT2D eigenvalue weighted by Crippen LogP contribution is 2.23. The Morgan fingerprint density at radius 3 is 2.81 bits per heavy atom. The summed E-state index contributed by atoms with van der Waals surface area (Å²) in [7, 11) is -3.90. The minimum Gasteiger partial charge on any atom is -0.501 e. The molecule has 0 aliphatic rings. The lowest BCUT2D eigenvalue weighted by molar-refractivity contribution is -0.669. The van der Waals surface area contributed by atoms with Gasteiger partial charge >= 0.3 is 0 Å². The molecule has 1 heterocycles. The molecule has 142 valence electrons. The summed E-state index contributed by atoms with van der Waals surface area (Å²) in [5.41, 5.74) is 3.37. The number of aromatic nitrogens is 1. The van der Waals surface area contributed by atoms with Gasteiger partial charge in [-0.05, 0) is 50.5 Å². The maximum Gasteiger partial charge on any atom is 0.264 e. The van der Waals surface area contributed by atoms with Gasteiger partial charge in [0.05, 0.1) is 18.6 Å². The van der Waals surface area contributed by atoms with E-state index in [9.17, 15) is 8.42 Å². The summed E-state index contributed by atoms with van der Waals surface area (Å²) in [6, 6.07) is 6.34. The molecule has 7 heteroatoms. The van der Waals surface area contributed by atoms with Crippen molar-refractivity contribution in [2.24, 2.45) is 0 Å². The van der Waals surface area contributed by atoms with Crippen LogP contribution in [0, 0.1) is 6.92 Å². The van der Waals surface area contributed by atoms with Crippen molar-refractivity contribution < 1.29 is 22.3 Å². The molecule has 0 bridgehead atoms. The van der Waals surface area contributed by atoms with Crippen LogP contribution in [0.4, 0.5) is 0 Å². The van der Waals surface area contributed by atoms with E-state index in [0.29, 0.717) is 26.0 Å². The van der Waals surface area contributed by atoms with E-state index in [4.69, 9.17) is 9.29 Å². The molecule has 0 aliphatic heterocycles. The third-order valence-electron chi connectivity index (χ3n) is 3.85. The molecule has 0 fully saturated rings. The van der Waals surface area contributed by atoms with Crippen LogP contribution in [0.1, 0.15) is 37.3 Å². The first-order valence-electron chi connectivity index (χ1n) is 8.65. The van der Waals surface area contributed by atoms with E-state index in [1.54, 1.807) is 17.6 Å². The summed E-state index contributed by atoms with van der Waals surface area (Å²) < 4.78 is 39.4. The molecule has 2 rings (SSSR count). The molecule has 0 saturated carbocycles. The number of ether oxygens (including phenoxy) is 1. The van der Waals surface area contributed by atoms with E-state index in [2.05, 4.69) is 35.8 Å². The predicted octanol–water partition coefficient (Wildman–Crippen LogP) is 4.12. The van der Waals surface area contributed by atoms with Crippen LogP contribution in [0.25, 0.3) is 16.3 Å². The molecule has 1 aromatic heterocycles. The van der Waals surface area contributed by atoms with Gasteiger partial charge in [-0.1, -0.05) is 17.4 Å². The van der Waals surface area contributed by atoms with Crippen LogP contribution in [0.15, 0.2) is 36.1 Å². The van der Waals surface area contributed by atoms with Crippen molar-refractivity contribution in [3.05, 3.63) is 46.7 Å². The smallest absolute Gasteiger partial charge is 0.264 e. The van der Waals surface area contributed by atoms with Crippen molar-refractivity contribution in [3.8, 4) is 0 Å². The maximum absolute atomic E-state index is 10.9. The van der Waals surface area contributed by atoms with Crippen LogP contribution in [0.5, 0.6) is 0 Å². The van der Waals surface area contributed by atoms with Gasteiger partial charge < -0.3 is 4.74 Å². The summed E-state index contributed by atoms with van der Waals surface area (Å²) in [6.45, 7) is 7.34. The molecular weight excluding hydrogens is 370 g/mol. The number of thiazole rings is 1. The van der Waals surface area contributed by atoms with E-state index in [1.807, 2.05) is 19.9 Å². The third-order valence-corrected chi connectivity index (χ3v) is 5.76. The number of unbranched alkanes of at least 4 members (excludes halogenated alkanes) is 1. The number of rotatable bonds is 9. The van der Waals surface area contributed by atoms with Gasteiger partial charge in [0, 0.05) is 18.6 Å². The molecule has 1 N–H and O–H groups in total. The Hall–Kier alpha value is -1.70. The number of hydrogen-bond acceptors (Lipinski definition) is 4. The molecule has 5 nitrogen and oxygen atoms in total. The Morgan fingerprint density at radius 1 is 1.35 bits per heavy atom. The Kier molecular flexibility index (Phi) is 7.37. The lowest BCUT2D eigenvalue weighted by Gasteiger charge is -1.99. The van der Waals surface area contributed by atoms with Crippen molar-refractivity contribution in [3.63, 3.8) is 0 Å². The summed E-state index contributed by atoms with van der Waals surface area (Å²) in [4.78, 5) is 0. The van der Waals surface area contributed by atoms with Crippen molar-refractivity contribution >= 4 is 37.7 Å². The van der Waals surface area contributed by atoms with E-state index >= 15 is 0 Å². The van der Waals surface area contributed by atoms with Gasteiger partial charge in [0.15, 0.2) is 6.54 Å². The monoisotopic (exact) mass is 396 g/mol. The van der Waals surface area contributed by atoms with Crippen molar-refractivity contribution in [1.29, 1.82) is 0 Å². The Morgan fingerprint density at radius 2 is 2.12 bits per heavy atom. The molecule has 0 spiro atoms. The zero-order valence-corrected chi connectivity index (χ0v) is 17.1. The summed E-state index contributed by atoms with van der Waals surface area (Å²) >= 11 is 1.71. The number of nitrogens with zero attached hydrogens (tertiary/aromatic N) is 1.